The third-order valence-corrected chi connectivity index (χ3v) is 2.52. The van der Waals surface area contributed by atoms with E-state index in [-0.39, 0.29) is 12.5 Å². The first-order valence-corrected chi connectivity index (χ1v) is 4.90. The minimum Gasteiger partial charge on any atom is -0.388 e. The maximum atomic E-state index is 10.8. The standard InChI is InChI=1S/C9H15N3O3/c1-3-9(15,4-2)5-10-8-11-6(13)7(14)12-8/h15H,3-5H2,1-2H3,(H2,10,11,12,13,14). The molecule has 0 saturated carbocycles. The van der Waals surface area contributed by atoms with Crippen LogP contribution in [0.15, 0.2) is 4.99 Å². The third-order valence-electron chi connectivity index (χ3n) is 2.52. The summed E-state index contributed by atoms with van der Waals surface area (Å²) in [4.78, 5) is 25.5. The first-order chi connectivity index (χ1) is 7.00. The predicted octanol–water partition coefficient (Wildman–Crippen LogP) is -0.860. The van der Waals surface area contributed by atoms with E-state index in [9.17, 15) is 14.7 Å². The molecule has 0 aromatic heterocycles. The van der Waals surface area contributed by atoms with Crippen molar-refractivity contribution in [3.05, 3.63) is 0 Å². The second-order valence-electron chi connectivity index (χ2n) is 3.50. The molecule has 0 aromatic rings. The fraction of sp³-hybridized carbons (Fsp3) is 0.667. The van der Waals surface area contributed by atoms with Gasteiger partial charge >= 0.3 is 11.8 Å². The molecule has 1 heterocycles. The maximum absolute atomic E-state index is 10.8. The summed E-state index contributed by atoms with van der Waals surface area (Å²) in [5, 5.41) is 14.4. The Morgan fingerprint density at radius 3 is 2.07 bits per heavy atom. The molecule has 0 aromatic carbocycles. The first-order valence-electron chi connectivity index (χ1n) is 4.90. The number of aliphatic imine (C=N–C) groups is 1. The van der Waals surface area contributed by atoms with E-state index in [1.807, 2.05) is 13.8 Å². The van der Waals surface area contributed by atoms with Gasteiger partial charge in [-0.3, -0.25) is 20.2 Å². The summed E-state index contributed by atoms with van der Waals surface area (Å²) in [5.74, 6) is -1.32. The van der Waals surface area contributed by atoms with Crippen molar-refractivity contribution < 1.29 is 14.7 Å². The van der Waals surface area contributed by atoms with Crippen molar-refractivity contribution in [1.82, 2.24) is 10.6 Å². The normalized spacial score (nSPS) is 16.3. The Labute approximate surface area is 87.8 Å². The van der Waals surface area contributed by atoms with Crippen LogP contribution in [0.3, 0.4) is 0 Å². The Hall–Kier alpha value is -1.43. The van der Waals surface area contributed by atoms with Gasteiger partial charge < -0.3 is 5.11 Å². The third kappa shape index (κ3) is 2.76. The van der Waals surface area contributed by atoms with E-state index in [4.69, 9.17) is 0 Å². The molecule has 15 heavy (non-hydrogen) atoms. The second kappa shape index (κ2) is 4.39. The van der Waals surface area contributed by atoms with Crippen LogP contribution in [0.25, 0.3) is 0 Å². The Morgan fingerprint density at radius 2 is 1.67 bits per heavy atom. The largest absolute Gasteiger partial charge is 0.388 e. The highest BCUT2D eigenvalue weighted by molar-refractivity contribution is 6.45. The van der Waals surface area contributed by atoms with Crippen molar-refractivity contribution in [2.45, 2.75) is 32.3 Å². The number of nitrogens with one attached hydrogen (secondary N) is 2. The van der Waals surface area contributed by atoms with Crippen LogP contribution in [0.4, 0.5) is 0 Å². The van der Waals surface area contributed by atoms with Crippen LogP contribution in [-0.4, -0.2) is 35.0 Å². The summed E-state index contributed by atoms with van der Waals surface area (Å²) in [5.41, 5.74) is -0.870. The minimum absolute atomic E-state index is 0.116. The fourth-order valence-corrected chi connectivity index (χ4v) is 1.14. The Morgan fingerprint density at radius 1 is 1.20 bits per heavy atom. The van der Waals surface area contributed by atoms with Crippen molar-refractivity contribution >= 4 is 17.8 Å². The summed E-state index contributed by atoms with van der Waals surface area (Å²) in [6, 6.07) is 0. The highest BCUT2D eigenvalue weighted by atomic mass is 16.3. The molecule has 84 valence electrons. The molecular formula is C9H15N3O3. The Bertz CT molecular complexity index is 290. The van der Waals surface area contributed by atoms with Crippen molar-refractivity contribution in [3.8, 4) is 0 Å². The van der Waals surface area contributed by atoms with Crippen molar-refractivity contribution in [2.24, 2.45) is 4.99 Å². The van der Waals surface area contributed by atoms with E-state index in [0.717, 1.165) is 0 Å². The zero-order valence-corrected chi connectivity index (χ0v) is 8.83. The van der Waals surface area contributed by atoms with Gasteiger partial charge in [0.05, 0.1) is 12.1 Å². The van der Waals surface area contributed by atoms with Gasteiger partial charge in [0.1, 0.15) is 0 Å². The molecule has 6 heteroatoms. The van der Waals surface area contributed by atoms with Gasteiger partial charge in [0.15, 0.2) is 0 Å². The lowest BCUT2D eigenvalue weighted by molar-refractivity contribution is -0.135. The highest BCUT2D eigenvalue weighted by Gasteiger charge is 2.27. The van der Waals surface area contributed by atoms with E-state index >= 15 is 0 Å². The number of rotatable bonds is 4. The zero-order chi connectivity index (χ0) is 11.5. The van der Waals surface area contributed by atoms with Gasteiger partial charge in [0.25, 0.3) is 0 Å². The van der Waals surface area contributed by atoms with Crippen LogP contribution in [0.2, 0.25) is 0 Å². The average Bonchev–Trinajstić information content (AvgIpc) is 2.55. The number of guanidine groups is 1. The van der Waals surface area contributed by atoms with E-state index in [2.05, 4.69) is 15.6 Å². The molecule has 6 nitrogen and oxygen atoms in total. The summed E-state index contributed by atoms with van der Waals surface area (Å²) in [7, 11) is 0. The SMILES string of the molecule is CCC(O)(CC)CN=C1NC(=O)C(=O)N1. The zero-order valence-electron chi connectivity index (χ0n) is 8.83. The first kappa shape index (κ1) is 11.6. The number of carbonyl (C=O) groups is 2. The second-order valence-corrected chi connectivity index (χ2v) is 3.50. The predicted molar refractivity (Wildman–Crippen MR) is 54.1 cm³/mol. The summed E-state index contributed by atoms with van der Waals surface area (Å²) in [6.07, 6.45) is 1.14. The van der Waals surface area contributed by atoms with Crippen LogP contribution in [0, 0.1) is 0 Å². The topological polar surface area (TPSA) is 90.8 Å². The van der Waals surface area contributed by atoms with E-state index in [1.54, 1.807) is 0 Å². The quantitative estimate of drug-likeness (QED) is 0.531. The summed E-state index contributed by atoms with van der Waals surface area (Å²) in [6.45, 7) is 3.88. The van der Waals surface area contributed by atoms with Crippen molar-refractivity contribution in [1.29, 1.82) is 0 Å². The summed E-state index contributed by atoms with van der Waals surface area (Å²) >= 11 is 0. The monoisotopic (exact) mass is 213 g/mol. The Kier molecular flexibility index (Phi) is 3.41. The van der Waals surface area contributed by atoms with E-state index in [0.29, 0.717) is 12.8 Å². The highest BCUT2D eigenvalue weighted by Crippen LogP contribution is 2.14. The molecule has 3 N–H and O–H groups in total. The molecule has 0 radical (unpaired) electrons. The Balaban J connectivity index is 2.59. The van der Waals surface area contributed by atoms with Gasteiger partial charge in [0.2, 0.25) is 5.96 Å². The molecule has 1 aliphatic heterocycles. The molecule has 1 aliphatic rings. The van der Waals surface area contributed by atoms with Crippen LogP contribution < -0.4 is 10.6 Å². The molecule has 0 bridgehead atoms. The maximum Gasteiger partial charge on any atom is 0.316 e. The molecule has 0 spiro atoms. The van der Waals surface area contributed by atoms with Crippen LogP contribution in [0.1, 0.15) is 26.7 Å². The number of carbonyl (C=O) groups excluding carboxylic acids is 2. The van der Waals surface area contributed by atoms with Crippen molar-refractivity contribution in [3.63, 3.8) is 0 Å². The molecule has 2 amide bonds. The molecule has 1 saturated heterocycles. The van der Waals surface area contributed by atoms with Gasteiger partial charge in [0, 0.05) is 0 Å². The number of hydrogen-bond donors (Lipinski definition) is 3. The lowest BCUT2D eigenvalue weighted by Gasteiger charge is -2.22. The van der Waals surface area contributed by atoms with Gasteiger partial charge in [-0.1, -0.05) is 13.8 Å². The van der Waals surface area contributed by atoms with Gasteiger partial charge in [-0.05, 0) is 12.8 Å². The number of nitrogens with zero attached hydrogens (tertiary/aromatic N) is 1. The van der Waals surface area contributed by atoms with Gasteiger partial charge in [-0.15, -0.1) is 0 Å². The van der Waals surface area contributed by atoms with Gasteiger partial charge in [-0.25, -0.2) is 4.99 Å². The smallest absolute Gasteiger partial charge is 0.316 e. The van der Waals surface area contributed by atoms with E-state index in [1.165, 1.54) is 0 Å². The molecular weight excluding hydrogens is 198 g/mol. The lowest BCUT2D eigenvalue weighted by atomic mass is 9.98. The molecule has 0 atom stereocenters. The fourth-order valence-electron chi connectivity index (χ4n) is 1.14. The van der Waals surface area contributed by atoms with Crippen molar-refractivity contribution in [2.75, 3.05) is 6.54 Å². The lowest BCUT2D eigenvalue weighted by Crippen LogP contribution is -2.34. The van der Waals surface area contributed by atoms with Gasteiger partial charge in [-0.2, -0.15) is 0 Å². The number of aliphatic hydroxyl groups is 1. The minimum atomic E-state index is -0.870. The molecule has 1 fully saturated rings. The van der Waals surface area contributed by atoms with Crippen LogP contribution >= 0.6 is 0 Å². The molecule has 1 rings (SSSR count). The summed E-state index contributed by atoms with van der Waals surface area (Å²) < 4.78 is 0. The average molecular weight is 213 g/mol. The molecule has 0 aliphatic carbocycles. The number of amides is 2. The molecule has 0 unspecified atom stereocenters. The van der Waals surface area contributed by atoms with Crippen LogP contribution in [0.5, 0.6) is 0 Å². The van der Waals surface area contributed by atoms with E-state index < -0.39 is 17.4 Å². The number of hydrogen-bond acceptors (Lipinski definition) is 4. The van der Waals surface area contributed by atoms with Crippen LogP contribution in [-0.2, 0) is 9.59 Å².